The Hall–Kier alpha value is -2.02. The molecule has 2 aromatic carbocycles. The van der Waals surface area contributed by atoms with Crippen LogP contribution in [-0.4, -0.2) is 38.0 Å². The molecule has 4 nitrogen and oxygen atoms in total. The van der Waals surface area contributed by atoms with Crippen molar-refractivity contribution in [2.24, 2.45) is 0 Å². The predicted molar refractivity (Wildman–Crippen MR) is 110 cm³/mol. The highest BCUT2D eigenvalue weighted by molar-refractivity contribution is 7.98. The van der Waals surface area contributed by atoms with Gasteiger partial charge in [0, 0.05) is 41.7 Å². The number of nitrogens with one attached hydrogen (secondary N) is 1. The fourth-order valence-corrected chi connectivity index (χ4v) is 3.58. The number of thioether (sulfide) groups is 1. The summed E-state index contributed by atoms with van der Waals surface area (Å²) in [6, 6.07) is 14.0. The molecule has 27 heavy (non-hydrogen) atoms. The average Bonchev–Trinajstić information content (AvgIpc) is 3.03. The van der Waals surface area contributed by atoms with Crippen LogP contribution < -0.4 is 5.32 Å². The standard InChI is InChI=1S/C20H21FN2O2S.ClH/c1-22-11-12-23(2)20(24)19-17(16-5-3-4-6-18(16)25-19)13-26-15-9-7-14(21)8-10-15;/h3-10,22H,11-13H2,1-2H3;1H. The molecule has 0 saturated heterocycles. The number of carbonyl (C=O) groups is 1. The maximum Gasteiger partial charge on any atom is 0.289 e. The molecule has 0 bridgehead atoms. The lowest BCUT2D eigenvalue weighted by Crippen LogP contribution is -2.33. The quantitative estimate of drug-likeness (QED) is 0.581. The summed E-state index contributed by atoms with van der Waals surface area (Å²) in [5.74, 6) is 0.555. The second-order valence-corrected chi connectivity index (χ2v) is 7.03. The SMILES string of the molecule is CNCCN(C)C(=O)c1oc2ccccc2c1CSc1ccc(F)cc1.Cl. The van der Waals surface area contributed by atoms with Gasteiger partial charge < -0.3 is 14.6 Å². The lowest BCUT2D eigenvalue weighted by molar-refractivity contribution is 0.0766. The minimum Gasteiger partial charge on any atom is -0.451 e. The minimum atomic E-state index is -0.259. The molecule has 0 atom stereocenters. The Balaban J connectivity index is 0.00000261. The molecule has 0 aliphatic rings. The van der Waals surface area contributed by atoms with Crippen LogP contribution in [0.5, 0.6) is 0 Å². The van der Waals surface area contributed by atoms with E-state index < -0.39 is 0 Å². The number of hydrogen-bond donors (Lipinski definition) is 1. The summed E-state index contributed by atoms with van der Waals surface area (Å²) in [4.78, 5) is 15.4. The van der Waals surface area contributed by atoms with E-state index in [1.54, 1.807) is 35.8 Å². The average molecular weight is 409 g/mol. The van der Waals surface area contributed by atoms with Crippen molar-refractivity contribution in [3.8, 4) is 0 Å². The highest BCUT2D eigenvalue weighted by Crippen LogP contribution is 2.32. The molecular weight excluding hydrogens is 387 g/mol. The molecule has 0 aliphatic heterocycles. The molecule has 0 spiro atoms. The number of fused-ring (bicyclic) bond motifs is 1. The van der Waals surface area contributed by atoms with Gasteiger partial charge in [0.1, 0.15) is 11.4 Å². The zero-order valence-electron chi connectivity index (χ0n) is 15.2. The molecule has 0 radical (unpaired) electrons. The summed E-state index contributed by atoms with van der Waals surface area (Å²) >= 11 is 1.55. The van der Waals surface area contributed by atoms with Gasteiger partial charge in [-0.15, -0.1) is 24.2 Å². The third-order valence-corrected chi connectivity index (χ3v) is 5.17. The third-order valence-electron chi connectivity index (χ3n) is 4.13. The van der Waals surface area contributed by atoms with E-state index in [4.69, 9.17) is 4.42 Å². The van der Waals surface area contributed by atoms with Crippen molar-refractivity contribution in [1.29, 1.82) is 0 Å². The number of likely N-dealkylation sites (N-methyl/N-ethyl adjacent to an activating group) is 2. The Morgan fingerprint density at radius 1 is 1.19 bits per heavy atom. The van der Waals surface area contributed by atoms with Crippen LogP contribution in [0, 0.1) is 5.82 Å². The predicted octanol–water partition coefficient (Wildman–Crippen LogP) is 4.58. The van der Waals surface area contributed by atoms with Gasteiger partial charge >= 0.3 is 0 Å². The van der Waals surface area contributed by atoms with Crippen molar-refractivity contribution in [1.82, 2.24) is 10.2 Å². The van der Waals surface area contributed by atoms with Gasteiger partial charge in [-0.05, 0) is 37.4 Å². The summed E-state index contributed by atoms with van der Waals surface area (Å²) in [5, 5.41) is 3.98. The molecule has 3 rings (SSSR count). The highest BCUT2D eigenvalue weighted by Gasteiger charge is 2.23. The highest BCUT2D eigenvalue weighted by atomic mass is 35.5. The maximum atomic E-state index is 13.1. The number of furan rings is 1. The number of carbonyl (C=O) groups excluding carboxylic acids is 1. The monoisotopic (exact) mass is 408 g/mol. The molecule has 0 saturated carbocycles. The first-order valence-corrected chi connectivity index (χ1v) is 9.37. The van der Waals surface area contributed by atoms with Gasteiger partial charge in [-0.25, -0.2) is 4.39 Å². The molecular formula is C20H22ClFN2O2S. The van der Waals surface area contributed by atoms with Crippen molar-refractivity contribution in [2.75, 3.05) is 27.2 Å². The van der Waals surface area contributed by atoms with Crippen LogP contribution in [0.25, 0.3) is 11.0 Å². The van der Waals surface area contributed by atoms with Crippen LogP contribution >= 0.6 is 24.2 Å². The van der Waals surface area contributed by atoms with Gasteiger partial charge in [0.25, 0.3) is 5.91 Å². The van der Waals surface area contributed by atoms with Crippen molar-refractivity contribution in [2.45, 2.75) is 10.6 Å². The lowest BCUT2D eigenvalue weighted by atomic mass is 10.1. The third kappa shape index (κ3) is 5.03. The van der Waals surface area contributed by atoms with E-state index >= 15 is 0 Å². The van der Waals surface area contributed by atoms with Gasteiger partial charge in [0.05, 0.1) is 0 Å². The number of rotatable bonds is 7. The first-order chi connectivity index (χ1) is 12.6. The number of amides is 1. The van der Waals surface area contributed by atoms with E-state index in [9.17, 15) is 9.18 Å². The molecule has 144 valence electrons. The first-order valence-electron chi connectivity index (χ1n) is 8.39. The number of hydrogen-bond acceptors (Lipinski definition) is 4. The van der Waals surface area contributed by atoms with Gasteiger partial charge in [-0.1, -0.05) is 18.2 Å². The van der Waals surface area contributed by atoms with Crippen LogP contribution in [-0.2, 0) is 5.75 Å². The summed E-state index contributed by atoms with van der Waals surface area (Å²) in [7, 11) is 3.62. The number of para-hydroxylation sites is 1. The van der Waals surface area contributed by atoms with Crippen molar-refractivity contribution in [3.63, 3.8) is 0 Å². The second kappa shape index (κ2) is 9.78. The van der Waals surface area contributed by atoms with E-state index in [2.05, 4.69) is 5.32 Å². The maximum absolute atomic E-state index is 13.1. The molecule has 3 aromatic rings. The number of benzene rings is 2. The zero-order valence-corrected chi connectivity index (χ0v) is 16.8. The first kappa shape index (κ1) is 21.3. The van der Waals surface area contributed by atoms with Gasteiger partial charge in [-0.3, -0.25) is 4.79 Å². The van der Waals surface area contributed by atoms with Crippen molar-refractivity contribution < 1.29 is 13.6 Å². The van der Waals surface area contributed by atoms with E-state index in [1.807, 2.05) is 31.3 Å². The van der Waals surface area contributed by atoms with Crippen LogP contribution in [0.2, 0.25) is 0 Å². The van der Waals surface area contributed by atoms with Gasteiger partial charge in [0.2, 0.25) is 0 Å². The van der Waals surface area contributed by atoms with E-state index in [-0.39, 0.29) is 24.1 Å². The molecule has 1 amide bonds. The minimum absolute atomic E-state index is 0. The molecule has 1 heterocycles. The fourth-order valence-electron chi connectivity index (χ4n) is 2.66. The topological polar surface area (TPSA) is 45.5 Å². The summed E-state index contributed by atoms with van der Waals surface area (Å²) < 4.78 is 19.0. The summed E-state index contributed by atoms with van der Waals surface area (Å²) in [5.41, 5.74) is 1.57. The largest absolute Gasteiger partial charge is 0.451 e. The Kier molecular flexibility index (Phi) is 7.71. The smallest absolute Gasteiger partial charge is 0.289 e. The second-order valence-electron chi connectivity index (χ2n) is 5.98. The molecule has 1 N–H and O–H groups in total. The van der Waals surface area contributed by atoms with E-state index in [1.165, 1.54) is 12.1 Å². The normalized spacial score (nSPS) is 10.6. The van der Waals surface area contributed by atoms with Crippen LogP contribution in [0.15, 0.2) is 57.8 Å². The Bertz CT molecular complexity index is 899. The molecule has 0 fully saturated rings. The van der Waals surface area contributed by atoms with Crippen molar-refractivity contribution >= 4 is 41.0 Å². The van der Waals surface area contributed by atoms with Crippen LogP contribution in [0.4, 0.5) is 4.39 Å². The van der Waals surface area contributed by atoms with Crippen LogP contribution in [0.3, 0.4) is 0 Å². The van der Waals surface area contributed by atoms with E-state index in [0.29, 0.717) is 30.2 Å². The zero-order chi connectivity index (χ0) is 18.5. The number of nitrogens with zero attached hydrogens (tertiary/aromatic N) is 1. The molecule has 1 aromatic heterocycles. The molecule has 0 unspecified atom stereocenters. The van der Waals surface area contributed by atoms with Gasteiger partial charge in [-0.2, -0.15) is 0 Å². The summed E-state index contributed by atoms with van der Waals surface area (Å²) in [6.07, 6.45) is 0. The van der Waals surface area contributed by atoms with Crippen LogP contribution in [0.1, 0.15) is 16.1 Å². The van der Waals surface area contributed by atoms with E-state index in [0.717, 1.165) is 15.8 Å². The lowest BCUT2D eigenvalue weighted by Gasteiger charge is -2.16. The fraction of sp³-hybridized carbons (Fsp3) is 0.250. The Morgan fingerprint density at radius 3 is 2.59 bits per heavy atom. The number of halogens is 2. The van der Waals surface area contributed by atoms with Gasteiger partial charge in [0.15, 0.2) is 5.76 Å². The Morgan fingerprint density at radius 2 is 1.89 bits per heavy atom. The van der Waals surface area contributed by atoms with Crippen molar-refractivity contribution in [3.05, 3.63) is 65.7 Å². The Labute approximate surface area is 168 Å². The summed E-state index contributed by atoms with van der Waals surface area (Å²) in [6.45, 7) is 1.30. The molecule has 7 heteroatoms. The molecule has 0 aliphatic carbocycles.